The fourth-order valence-electron chi connectivity index (χ4n) is 2.28. The maximum Gasteiger partial charge on any atom is 0.128 e. The van der Waals surface area contributed by atoms with E-state index in [-0.39, 0.29) is 0 Å². The van der Waals surface area contributed by atoms with Crippen LogP contribution in [0.2, 0.25) is 0 Å². The molecule has 1 aromatic carbocycles. The largest absolute Gasteiger partial charge is 0.353 e. The van der Waals surface area contributed by atoms with Crippen molar-refractivity contribution in [1.29, 1.82) is 0 Å². The second kappa shape index (κ2) is 6.72. The van der Waals surface area contributed by atoms with Gasteiger partial charge >= 0.3 is 0 Å². The first-order valence-electron chi connectivity index (χ1n) is 7.02. The lowest BCUT2D eigenvalue weighted by Crippen LogP contribution is -2.44. The quantitative estimate of drug-likeness (QED) is 0.802. The van der Waals surface area contributed by atoms with Gasteiger partial charge in [-0.05, 0) is 29.8 Å². The molecule has 0 atom stereocenters. The van der Waals surface area contributed by atoms with E-state index in [4.69, 9.17) is 0 Å². The van der Waals surface area contributed by atoms with Gasteiger partial charge < -0.3 is 4.90 Å². The van der Waals surface area contributed by atoms with E-state index < -0.39 is 0 Å². The van der Waals surface area contributed by atoms with Crippen molar-refractivity contribution in [3.05, 3.63) is 58.7 Å². The van der Waals surface area contributed by atoms with Gasteiger partial charge in [-0.2, -0.15) is 5.10 Å². The fraction of sp³-hybridized carbons (Fsp3) is 0.250. The Kier molecular flexibility index (Phi) is 4.50. The van der Waals surface area contributed by atoms with Crippen LogP contribution in [0.25, 0.3) is 0 Å². The molecule has 2 heterocycles. The van der Waals surface area contributed by atoms with Gasteiger partial charge in [0.2, 0.25) is 0 Å². The van der Waals surface area contributed by atoms with Crippen LogP contribution < -0.4 is 4.90 Å². The van der Waals surface area contributed by atoms with Gasteiger partial charge in [0.25, 0.3) is 0 Å². The van der Waals surface area contributed by atoms with E-state index in [9.17, 15) is 0 Å². The van der Waals surface area contributed by atoms with E-state index in [0.717, 1.165) is 42.0 Å². The van der Waals surface area contributed by atoms with Crippen molar-refractivity contribution < 1.29 is 0 Å². The number of pyridine rings is 1. The van der Waals surface area contributed by atoms with Crippen LogP contribution >= 0.6 is 15.9 Å². The van der Waals surface area contributed by atoms with E-state index in [1.807, 2.05) is 36.7 Å². The minimum Gasteiger partial charge on any atom is -0.353 e. The molecule has 0 radical (unpaired) electrons. The minimum absolute atomic E-state index is 0.920. The Morgan fingerprint density at radius 2 is 1.76 bits per heavy atom. The summed E-state index contributed by atoms with van der Waals surface area (Å²) in [5.74, 6) is 1.05. The molecule has 0 N–H and O–H groups in total. The zero-order chi connectivity index (χ0) is 14.5. The Bertz CT molecular complexity index is 589. The summed E-state index contributed by atoms with van der Waals surface area (Å²) >= 11 is 3.44. The molecule has 1 fully saturated rings. The van der Waals surface area contributed by atoms with E-state index in [0.29, 0.717) is 0 Å². The summed E-state index contributed by atoms with van der Waals surface area (Å²) in [4.78, 5) is 6.69. The van der Waals surface area contributed by atoms with Gasteiger partial charge in [-0.3, -0.25) is 5.01 Å². The molecule has 108 valence electrons. The Morgan fingerprint density at radius 1 is 1.00 bits per heavy atom. The normalized spacial score (nSPS) is 15.7. The number of halogens is 1. The monoisotopic (exact) mass is 344 g/mol. The van der Waals surface area contributed by atoms with E-state index in [2.05, 4.69) is 54.1 Å². The second-order valence-corrected chi connectivity index (χ2v) is 5.84. The van der Waals surface area contributed by atoms with Crippen molar-refractivity contribution in [3.63, 3.8) is 0 Å². The molecule has 0 saturated carbocycles. The van der Waals surface area contributed by atoms with Crippen molar-refractivity contribution in [2.75, 3.05) is 31.1 Å². The SMILES string of the molecule is Brc1ccc(/C=N/N2CCN(c3ccccn3)CC2)cc1. The van der Waals surface area contributed by atoms with Gasteiger partial charge in [0.1, 0.15) is 5.82 Å². The predicted molar refractivity (Wildman–Crippen MR) is 89.8 cm³/mol. The summed E-state index contributed by atoms with van der Waals surface area (Å²) in [5.41, 5.74) is 1.12. The molecule has 21 heavy (non-hydrogen) atoms. The van der Waals surface area contributed by atoms with Gasteiger partial charge in [-0.25, -0.2) is 4.98 Å². The smallest absolute Gasteiger partial charge is 0.128 e. The number of hydrogen-bond donors (Lipinski definition) is 0. The summed E-state index contributed by atoms with van der Waals surface area (Å²) in [7, 11) is 0. The van der Waals surface area contributed by atoms with Crippen LogP contribution in [0.1, 0.15) is 5.56 Å². The number of rotatable bonds is 3. The van der Waals surface area contributed by atoms with Crippen LogP contribution in [0, 0.1) is 0 Å². The molecule has 1 aliphatic rings. The Morgan fingerprint density at radius 3 is 2.43 bits per heavy atom. The third kappa shape index (κ3) is 3.82. The van der Waals surface area contributed by atoms with Gasteiger partial charge in [0.15, 0.2) is 0 Å². The van der Waals surface area contributed by atoms with E-state index in [1.54, 1.807) is 0 Å². The molecule has 3 rings (SSSR count). The van der Waals surface area contributed by atoms with Crippen LogP contribution in [0.5, 0.6) is 0 Å². The van der Waals surface area contributed by atoms with Gasteiger partial charge in [-0.15, -0.1) is 0 Å². The standard InChI is InChI=1S/C16H17BrN4/c17-15-6-4-14(5-7-15)13-19-21-11-9-20(10-12-21)16-3-1-2-8-18-16/h1-8,13H,9-12H2/b19-13+. The number of aromatic nitrogens is 1. The summed E-state index contributed by atoms with van der Waals surface area (Å²) in [5, 5.41) is 6.67. The van der Waals surface area contributed by atoms with E-state index in [1.165, 1.54) is 0 Å². The van der Waals surface area contributed by atoms with Crippen molar-refractivity contribution >= 4 is 28.0 Å². The number of nitrogens with zero attached hydrogens (tertiary/aromatic N) is 4. The Balaban J connectivity index is 1.55. The lowest BCUT2D eigenvalue weighted by molar-refractivity contribution is 0.271. The number of piperazine rings is 1. The Labute approximate surface area is 133 Å². The molecule has 0 aliphatic carbocycles. The number of anilines is 1. The maximum absolute atomic E-state index is 4.56. The molecule has 0 amide bonds. The van der Waals surface area contributed by atoms with Crippen LogP contribution in [0.15, 0.2) is 58.2 Å². The molecule has 1 saturated heterocycles. The predicted octanol–water partition coefficient (Wildman–Crippen LogP) is 3.00. The highest BCUT2D eigenvalue weighted by molar-refractivity contribution is 9.10. The number of hydrazone groups is 1. The zero-order valence-electron chi connectivity index (χ0n) is 11.7. The number of hydrogen-bond acceptors (Lipinski definition) is 4. The summed E-state index contributed by atoms with van der Waals surface area (Å²) in [6, 6.07) is 14.2. The molecular formula is C16H17BrN4. The first kappa shape index (κ1) is 14.1. The average Bonchev–Trinajstić information content (AvgIpc) is 2.56. The fourth-order valence-corrected chi connectivity index (χ4v) is 2.54. The van der Waals surface area contributed by atoms with E-state index >= 15 is 0 Å². The third-order valence-electron chi connectivity index (χ3n) is 3.47. The molecule has 4 nitrogen and oxygen atoms in total. The highest BCUT2D eigenvalue weighted by Gasteiger charge is 2.15. The molecular weight excluding hydrogens is 328 g/mol. The molecule has 1 aromatic heterocycles. The van der Waals surface area contributed by atoms with Crippen molar-refractivity contribution in [2.24, 2.45) is 5.10 Å². The number of benzene rings is 1. The van der Waals surface area contributed by atoms with Crippen LogP contribution in [0.3, 0.4) is 0 Å². The summed E-state index contributed by atoms with van der Waals surface area (Å²) in [6.45, 7) is 3.75. The molecule has 2 aromatic rings. The van der Waals surface area contributed by atoms with Gasteiger partial charge in [0, 0.05) is 23.8 Å². The molecule has 0 unspecified atom stereocenters. The van der Waals surface area contributed by atoms with Crippen LogP contribution in [0.4, 0.5) is 5.82 Å². The zero-order valence-corrected chi connectivity index (χ0v) is 13.3. The average molecular weight is 345 g/mol. The minimum atomic E-state index is 0.920. The first-order chi connectivity index (χ1) is 10.3. The maximum atomic E-state index is 4.56. The summed E-state index contributed by atoms with van der Waals surface area (Å²) in [6.07, 6.45) is 3.76. The van der Waals surface area contributed by atoms with Gasteiger partial charge in [-0.1, -0.05) is 34.1 Å². The van der Waals surface area contributed by atoms with Crippen molar-refractivity contribution in [3.8, 4) is 0 Å². The molecule has 5 heteroatoms. The third-order valence-corrected chi connectivity index (χ3v) is 4.00. The Hall–Kier alpha value is -1.88. The molecule has 0 spiro atoms. The van der Waals surface area contributed by atoms with Gasteiger partial charge in [0.05, 0.1) is 19.3 Å². The topological polar surface area (TPSA) is 31.7 Å². The molecule has 1 aliphatic heterocycles. The van der Waals surface area contributed by atoms with Crippen LogP contribution in [-0.2, 0) is 0 Å². The van der Waals surface area contributed by atoms with Crippen molar-refractivity contribution in [2.45, 2.75) is 0 Å². The molecule has 0 bridgehead atoms. The second-order valence-electron chi connectivity index (χ2n) is 4.92. The first-order valence-corrected chi connectivity index (χ1v) is 7.81. The highest BCUT2D eigenvalue weighted by atomic mass is 79.9. The van der Waals surface area contributed by atoms with Crippen molar-refractivity contribution in [1.82, 2.24) is 9.99 Å². The lowest BCUT2D eigenvalue weighted by Gasteiger charge is -2.33. The van der Waals surface area contributed by atoms with Crippen LogP contribution in [-0.4, -0.2) is 42.4 Å². The highest BCUT2D eigenvalue weighted by Crippen LogP contribution is 2.13. The summed E-state index contributed by atoms with van der Waals surface area (Å²) < 4.78 is 1.09. The lowest BCUT2D eigenvalue weighted by atomic mass is 10.2.